The molecule has 0 aliphatic carbocycles. The number of amides is 1. The highest BCUT2D eigenvalue weighted by Crippen LogP contribution is 2.33. The monoisotopic (exact) mass is 495 g/mol. The number of ether oxygens (including phenoxy) is 3. The summed E-state index contributed by atoms with van der Waals surface area (Å²) in [5.41, 5.74) is -0.0916. The Bertz CT molecular complexity index is 1130. The second kappa shape index (κ2) is 9.81. The van der Waals surface area contributed by atoms with Gasteiger partial charge in [-0.1, -0.05) is 20.8 Å². The molecule has 4 rings (SSSR count). The number of rotatable bonds is 5. The zero-order valence-electron chi connectivity index (χ0n) is 20.5. The summed E-state index contributed by atoms with van der Waals surface area (Å²) in [6.07, 6.45) is -2.49. The van der Waals surface area contributed by atoms with Crippen LogP contribution in [-0.4, -0.2) is 47.3 Å². The SMILES string of the molecule is Cn1c(C(C)(C)C)cc(=NC(=O)c2cc(C(F)(F)F)ccc2O[C@H]2CCOC2)n1C[C@H]1CCCO1. The summed E-state index contributed by atoms with van der Waals surface area (Å²) in [4.78, 5) is 17.6. The van der Waals surface area contributed by atoms with Gasteiger partial charge in [0.25, 0.3) is 5.91 Å². The Hall–Kier alpha value is -2.59. The summed E-state index contributed by atoms with van der Waals surface area (Å²) < 4.78 is 61.1. The molecule has 2 atom stereocenters. The lowest BCUT2D eigenvalue weighted by molar-refractivity contribution is -0.137. The predicted octanol–water partition coefficient (Wildman–Crippen LogP) is 4.23. The molecule has 1 aromatic heterocycles. The number of carbonyl (C=O) groups excluding carboxylic acids is 1. The van der Waals surface area contributed by atoms with Crippen molar-refractivity contribution in [1.29, 1.82) is 0 Å². The molecule has 1 amide bonds. The molecule has 10 heteroatoms. The molecule has 0 spiro atoms. The lowest BCUT2D eigenvalue weighted by Gasteiger charge is -2.21. The standard InChI is InChI=1S/C25H32F3N3O4/c1-24(2,3)21-13-22(31(30(21)4)14-17-6-5-10-34-17)29-23(32)19-12-16(25(26,27)28)7-8-20(19)35-18-9-11-33-15-18/h7-8,12-13,17-18H,5-6,9-11,14-15H2,1-4H3/t17-,18+/m1/s1. The molecule has 1 aromatic carbocycles. The molecule has 2 aliphatic rings. The van der Waals surface area contributed by atoms with E-state index in [1.165, 1.54) is 6.07 Å². The number of hydrogen-bond donors (Lipinski definition) is 0. The Morgan fingerprint density at radius 3 is 2.54 bits per heavy atom. The van der Waals surface area contributed by atoms with E-state index in [0.29, 0.717) is 38.3 Å². The van der Waals surface area contributed by atoms with E-state index in [1.54, 1.807) is 0 Å². The number of alkyl halides is 3. The van der Waals surface area contributed by atoms with Crippen LogP contribution in [0.25, 0.3) is 0 Å². The second-order valence-corrected chi connectivity index (χ2v) is 10.1. The van der Waals surface area contributed by atoms with Crippen molar-refractivity contribution >= 4 is 5.91 Å². The number of aromatic nitrogens is 2. The molecular formula is C25H32F3N3O4. The van der Waals surface area contributed by atoms with Gasteiger partial charge in [0.1, 0.15) is 11.9 Å². The first kappa shape index (κ1) is 25.5. The van der Waals surface area contributed by atoms with Gasteiger partial charge in [0.2, 0.25) is 0 Å². The zero-order valence-corrected chi connectivity index (χ0v) is 20.5. The molecule has 0 saturated carbocycles. The maximum absolute atomic E-state index is 13.4. The van der Waals surface area contributed by atoms with Crippen molar-refractivity contribution in [2.75, 3.05) is 19.8 Å². The minimum atomic E-state index is -4.60. The third-order valence-electron chi connectivity index (χ3n) is 6.34. The number of carbonyl (C=O) groups is 1. The van der Waals surface area contributed by atoms with E-state index in [9.17, 15) is 18.0 Å². The van der Waals surface area contributed by atoms with E-state index in [0.717, 1.165) is 30.7 Å². The van der Waals surface area contributed by atoms with Crippen LogP contribution in [0.3, 0.4) is 0 Å². The predicted molar refractivity (Wildman–Crippen MR) is 122 cm³/mol. The summed E-state index contributed by atoms with van der Waals surface area (Å²) in [5.74, 6) is -0.725. The van der Waals surface area contributed by atoms with Gasteiger partial charge in [0.15, 0.2) is 5.49 Å². The highest BCUT2D eigenvalue weighted by Gasteiger charge is 2.33. The van der Waals surface area contributed by atoms with Crippen LogP contribution in [0.2, 0.25) is 0 Å². The minimum absolute atomic E-state index is 0.0136. The molecule has 3 heterocycles. The molecule has 0 N–H and O–H groups in total. The smallest absolute Gasteiger partial charge is 0.416 e. The zero-order chi connectivity index (χ0) is 25.4. The van der Waals surface area contributed by atoms with Crippen molar-refractivity contribution in [3.05, 3.63) is 46.6 Å². The van der Waals surface area contributed by atoms with Gasteiger partial charge in [-0.15, -0.1) is 0 Å². The fraction of sp³-hybridized carbons (Fsp3) is 0.600. The lowest BCUT2D eigenvalue weighted by Crippen LogP contribution is -2.30. The van der Waals surface area contributed by atoms with Gasteiger partial charge in [-0.05, 0) is 31.0 Å². The highest BCUT2D eigenvalue weighted by atomic mass is 19.4. The Morgan fingerprint density at radius 1 is 1.17 bits per heavy atom. The summed E-state index contributed by atoms with van der Waals surface area (Å²) in [7, 11) is 1.89. The third-order valence-corrected chi connectivity index (χ3v) is 6.34. The van der Waals surface area contributed by atoms with Crippen LogP contribution in [0, 0.1) is 0 Å². The maximum atomic E-state index is 13.4. The summed E-state index contributed by atoms with van der Waals surface area (Å²) >= 11 is 0. The third kappa shape index (κ3) is 5.81. The summed E-state index contributed by atoms with van der Waals surface area (Å²) in [5, 5.41) is 0. The van der Waals surface area contributed by atoms with E-state index < -0.39 is 17.6 Å². The van der Waals surface area contributed by atoms with Crippen molar-refractivity contribution in [1.82, 2.24) is 9.36 Å². The molecule has 2 aromatic rings. The van der Waals surface area contributed by atoms with Crippen LogP contribution in [0.5, 0.6) is 5.75 Å². The van der Waals surface area contributed by atoms with Crippen LogP contribution in [-0.2, 0) is 34.7 Å². The van der Waals surface area contributed by atoms with Crippen molar-refractivity contribution in [3.63, 3.8) is 0 Å². The summed E-state index contributed by atoms with van der Waals surface area (Å²) in [6.45, 7) is 8.14. The number of halogens is 3. The van der Waals surface area contributed by atoms with Crippen molar-refractivity contribution in [2.24, 2.45) is 12.0 Å². The topological polar surface area (TPSA) is 67.0 Å². The molecule has 192 valence electrons. The Labute approximate surface area is 202 Å². The first-order valence-electron chi connectivity index (χ1n) is 11.9. The lowest BCUT2D eigenvalue weighted by atomic mass is 9.92. The van der Waals surface area contributed by atoms with Crippen LogP contribution >= 0.6 is 0 Å². The number of hydrogen-bond acceptors (Lipinski definition) is 4. The highest BCUT2D eigenvalue weighted by molar-refractivity contribution is 5.97. The van der Waals surface area contributed by atoms with Crippen molar-refractivity contribution in [2.45, 2.75) is 70.4 Å². The average molecular weight is 496 g/mol. The molecule has 2 aliphatic heterocycles. The van der Waals surface area contributed by atoms with Gasteiger partial charge in [-0.25, -0.2) is 0 Å². The first-order valence-corrected chi connectivity index (χ1v) is 11.9. The van der Waals surface area contributed by atoms with Gasteiger partial charge >= 0.3 is 6.18 Å². The molecule has 2 saturated heterocycles. The summed E-state index contributed by atoms with van der Waals surface area (Å²) in [6, 6.07) is 4.73. The molecule has 7 nitrogen and oxygen atoms in total. The molecule has 0 unspecified atom stereocenters. The molecule has 35 heavy (non-hydrogen) atoms. The van der Waals surface area contributed by atoms with Crippen molar-refractivity contribution < 1.29 is 32.2 Å². The second-order valence-electron chi connectivity index (χ2n) is 10.1. The van der Waals surface area contributed by atoms with Gasteiger partial charge in [-0.2, -0.15) is 18.2 Å². The normalized spacial score (nSPS) is 21.6. The maximum Gasteiger partial charge on any atom is 0.416 e. The van der Waals surface area contributed by atoms with Gasteiger partial charge in [0, 0.05) is 37.3 Å². The van der Waals surface area contributed by atoms with E-state index in [1.807, 2.05) is 43.2 Å². The minimum Gasteiger partial charge on any atom is -0.487 e. The van der Waals surface area contributed by atoms with Gasteiger partial charge < -0.3 is 14.2 Å². The Kier molecular flexibility index (Phi) is 7.15. The average Bonchev–Trinajstić information content (AvgIpc) is 3.52. The Balaban J connectivity index is 1.78. The largest absolute Gasteiger partial charge is 0.487 e. The van der Waals surface area contributed by atoms with Gasteiger partial charge in [-0.3, -0.25) is 14.2 Å². The van der Waals surface area contributed by atoms with Crippen LogP contribution in [0.15, 0.2) is 29.3 Å². The van der Waals surface area contributed by atoms with E-state index in [2.05, 4.69) is 4.99 Å². The quantitative estimate of drug-likeness (QED) is 0.623. The molecular weight excluding hydrogens is 463 g/mol. The molecule has 0 bridgehead atoms. The molecule has 0 radical (unpaired) electrons. The van der Waals surface area contributed by atoms with Crippen LogP contribution < -0.4 is 10.2 Å². The van der Waals surface area contributed by atoms with E-state index in [4.69, 9.17) is 14.2 Å². The number of nitrogens with zero attached hydrogens (tertiary/aromatic N) is 3. The number of benzene rings is 1. The first-order chi connectivity index (χ1) is 16.4. The molecule has 2 fully saturated rings. The van der Waals surface area contributed by atoms with Gasteiger partial charge in [0.05, 0.1) is 37.0 Å². The fourth-order valence-corrected chi connectivity index (χ4v) is 4.49. The van der Waals surface area contributed by atoms with Crippen LogP contribution in [0.4, 0.5) is 13.2 Å². The van der Waals surface area contributed by atoms with E-state index >= 15 is 0 Å². The Morgan fingerprint density at radius 2 is 1.94 bits per heavy atom. The fourth-order valence-electron chi connectivity index (χ4n) is 4.49. The van der Waals surface area contributed by atoms with Crippen molar-refractivity contribution in [3.8, 4) is 5.75 Å². The van der Waals surface area contributed by atoms with Crippen LogP contribution in [0.1, 0.15) is 61.6 Å². The van der Waals surface area contributed by atoms with E-state index in [-0.39, 0.29) is 28.9 Å².